The molecular formula is C12H20ClN3S. The standard InChI is InChI=1S/C12H20ClN3S/c1-3-4-8-15-12(14-2)16-9-7-10-5-6-11(13)17-10/h5-6H,3-4,7-9H2,1-2H3,(H2,14,15,16). The van der Waals surface area contributed by atoms with Crippen molar-refractivity contribution in [1.82, 2.24) is 10.6 Å². The molecule has 1 heterocycles. The molecular weight excluding hydrogens is 254 g/mol. The molecule has 0 radical (unpaired) electrons. The fraction of sp³-hybridized carbons (Fsp3) is 0.583. The lowest BCUT2D eigenvalue weighted by molar-refractivity contribution is 0.727. The van der Waals surface area contributed by atoms with Gasteiger partial charge in [-0.05, 0) is 25.0 Å². The molecule has 0 saturated carbocycles. The third kappa shape index (κ3) is 5.94. The summed E-state index contributed by atoms with van der Waals surface area (Å²) >= 11 is 7.51. The number of hydrogen-bond acceptors (Lipinski definition) is 2. The number of aliphatic imine (C=N–C) groups is 1. The average molecular weight is 274 g/mol. The van der Waals surface area contributed by atoms with E-state index in [2.05, 4.69) is 28.6 Å². The highest BCUT2D eigenvalue weighted by Crippen LogP contribution is 2.21. The van der Waals surface area contributed by atoms with Crippen LogP contribution in [0.3, 0.4) is 0 Å². The number of hydrogen-bond donors (Lipinski definition) is 2. The Hall–Kier alpha value is -0.740. The van der Waals surface area contributed by atoms with E-state index >= 15 is 0 Å². The molecule has 0 saturated heterocycles. The van der Waals surface area contributed by atoms with Crippen LogP contribution in [0, 0.1) is 0 Å². The van der Waals surface area contributed by atoms with Gasteiger partial charge in [0.15, 0.2) is 5.96 Å². The van der Waals surface area contributed by atoms with Crippen LogP contribution >= 0.6 is 22.9 Å². The first kappa shape index (κ1) is 14.3. The minimum atomic E-state index is 0.852. The van der Waals surface area contributed by atoms with Crippen LogP contribution in [-0.2, 0) is 6.42 Å². The van der Waals surface area contributed by atoms with Crippen molar-refractivity contribution in [2.75, 3.05) is 20.1 Å². The van der Waals surface area contributed by atoms with E-state index in [4.69, 9.17) is 11.6 Å². The van der Waals surface area contributed by atoms with E-state index in [0.29, 0.717) is 0 Å². The fourth-order valence-electron chi connectivity index (χ4n) is 1.39. The average Bonchev–Trinajstić information content (AvgIpc) is 2.73. The zero-order valence-electron chi connectivity index (χ0n) is 10.4. The molecule has 0 bridgehead atoms. The summed E-state index contributed by atoms with van der Waals surface area (Å²) in [5.41, 5.74) is 0. The number of rotatable bonds is 6. The Morgan fingerprint density at radius 1 is 1.35 bits per heavy atom. The van der Waals surface area contributed by atoms with Crippen molar-refractivity contribution in [1.29, 1.82) is 0 Å². The summed E-state index contributed by atoms with van der Waals surface area (Å²) in [4.78, 5) is 5.47. The maximum absolute atomic E-state index is 5.88. The van der Waals surface area contributed by atoms with Gasteiger partial charge in [0.25, 0.3) is 0 Å². The monoisotopic (exact) mass is 273 g/mol. The van der Waals surface area contributed by atoms with Crippen molar-refractivity contribution in [3.8, 4) is 0 Å². The summed E-state index contributed by atoms with van der Waals surface area (Å²) in [6, 6.07) is 4.01. The number of nitrogens with zero attached hydrogens (tertiary/aromatic N) is 1. The minimum absolute atomic E-state index is 0.852. The summed E-state index contributed by atoms with van der Waals surface area (Å²) in [7, 11) is 1.79. The normalized spacial score (nSPS) is 11.6. The van der Waals surface area contributed by atoms with Gasteiger partial charge < -0.3 is 10.6 Å². The van der Waals surface area contributed by atoms with Gasteiger partial charge in [-0.3, -0.25) is 4.99 Å². The van der Waals surface area contributed by atoms with Crippen LogP contribution < -0.4 is 10.6 Å². The smallest absolute Gasteiger partial charge is 0.190 e. The molecule has 17 heavy (non-hydrogen) atoms. The van der Waals surface area contributed by atoms with Gasteiger partial charge in [-0.15, -0.1) is 11.3 Å². The number of guanidine groups is 1. The van der Waals surface area contributed by atoms with E-state index in [9.17, 15) is 0 Å². The van der Waals surface area contributed by atoms with E-state index in [1.54, 1.807) is 18.4 Å². The van der Waals surface area contributed by atoms with Crippen LogP contribution in [0.5, 0.6) is 0 Å². The Bertz CT molecular complexity index is 349. The second kappa shape index (κ2) is 8.37. The molecule has 0 fully saturated rings. The molecule has 0 spiro atoms. The van der Waals surface area contributed by atoms with Crippen LogP contribution in [0.4, 0.5) is 0 Å². The first-order chi connectivity index (χ1) is 8.26. The van der Waals surface area contributed by atoms with Crippen LogP contribution in [0.1, 0.15) is 24.6 Å². The molecule has 1 aromatic heterocycles. The first-order valence-corrected chi connectivity index (χ1v) is 7.14. The molecule has 0 unspecified atom stereocenters. The third-order valence-corrected chi connectivity index (χ3v) is 3.63. The van der Waals surface area contributed by atoms with Crippen molar-refractivity contribution in [2.24, 2.45) is 4.99 Å². The van der Waals surface area contributed by atoms with E-state index in [1.807, 2.05) is 6.07 Å². The van der Waals surface area contributed by atoms with Gasteiger partial charge in [-0.25, -0.2) is 0 Å². The van der Waals surface area contributed by atoms with E-state index in [0.717, 1.165) is 29.8 Å². The SMILES string of the molecule is CCCCNC(=NC)NCCc1ccc(Cl)s1. The van der Waals surface area contributed by atoms with Crippen molar-refractivity contribution in [3.63, 3.8) is 0 Å². The van der Waals surface area contributed by atoms with Gasteiger partial charge in [0.1, 0.15) is 0 Å². The van der Waals surface area contributed by atoms with Gasteiger partial charge in [-0.2, -0.15) is 0 Å². The lowest BCUT2D eigenvalue weighted by atomic mass is 10.3. The van der Waals surface area contributed by atoms with Gasteiger partial charge >= 0.3 is 0 Å². The summed E-state index contributed by atoms with van der Waals surface area (Å²) < 4.78 is 0.852. The van der Waals surface area contributed by atoms with Crippen molar-refractivity contribution in [2.45, 2.75) is 26.2 Å². The Morgan fingerprint density at radius 3 is 2.71 bits per heavy atom. The molecule has 1 rings (SSSR count). The van der Waals surface area contributed by atoms with Crippen molar-refractivity contribution in [3.05, 3.63) is 21.3 Å². The largest absolute Gasteiger partial charge is 0.356 e. The molecule has 0 aliphatic carbocycles. The number of halogens is 1. The summed E-state index contributed by atoms with van der Waals surface area (Å²) in [5, 5.41) is 6.57. The Kier molecular flexibility index (Phi) is 7.05. The van der Waals surface area contributed by atoms with Gasteiger partial charge in [0.05, 0.1) is 4.34 Å². The second-order valence-corrected chi connectivity index (χ2v) is 5.53. The van der Waals surface area contributed by atoms with Crippen LogP contribution in [-0.4, -0.2) is 26.1 Å². The van der Waals surface area contributed by atoms with Gasteiger partial charge in [0.2, 0.25) is 0 Å². The molecule has 5 heteroatoms. The molecule has 0 atom stereocenters. The molecule has 96 valence electrons. The zero-order valence-corrected chi connectivity index (χ0v) is 12.0. The predicted molar refractivity (Wildman–Crippen MR) is 77.3 cm³/mol. The Labute approximate surface area is 112 Å². The number of unbranched alkanes of at least 4 members (excludes halogenated alkanes) is 1. The molecule has 2 N–H and O–H groups in total. The van der Waals surface area contributed by atoms with Gasteiger partial charge in [0, 0.05) is 25.0 Å². The van der Waals surface area contributed by atoms with Gasteiger partial charge in [-0.1, -0.05) is 24.9 Å². The third-order valence-electron chi connectivity index (χ3n) is 2.34. The summed E-state index contributed by atoms with van der Waals surface area (Å²) in [6.45, 7) is 4.03. The summed E-state index contributed by atoms with van der Waals surface area (Å²) in [6.07, 6.45) is 3.34. The quantitative estimate of drug-likeness (QED) is 0.475. The van der Waals surface area contributed by atoms with Crippen LogP contribution in [0.2, 0.25) is 4.34 Å². The van der Waals surface area contributed by atoms with Crippen LogP contribution in [0.25, 0.3) is 0 Å². The summed E-state index contributed by atoms with van der Waals surface area (Å²) in [5.74, 6) is 0.876. The molecule has 0 aliphatic rings. The molecule has 1 aromatic rings. The lowest BCUT2D eigenvalue weighted by Crippen LogP contribution is -2.38. The van der Waals surface area contributed by atoms with E-state index in [1.165, 1.54) is 17.7 Å². The van der Waals surface area contributed by atoms with Crippen LogP contribution in [0.15, 0.2) is 17.1 Å². The van der Waals surface area contributed by atoms with Crippen molar-refractivity contribution >= 4 is 28.9 Å². The lowest BCUT2D eigenvalue weighted by Gasteiger charge is -2.10. The molecule has 0 aliphatic heterocycles. The minimum Gasteiger partial charge on any atom is -0.356 e. The van der Waals surface area contributed by atoms with E-state index < -0.39 is 0 Å². The highest BCUT2D eigenvalue weighted by atomic mass is 35.5. The Morgan fingerprint density at radius 2 is 2.12 bits per heavy atom. The highest BCUT2D eigenvalue weighted by molar-refractivity contribution is 7.16. The fourth-order valence-corrected chi connectivity index (χ4v) is 2.48. The second-order valence-electron chi connectivity index (χ2n) is 3.74. The maximum Gasteiger partial charge on any atom is 0.190 e. The maximum atomic E-state index is 5.88. The molecule has 0 amide bonds. The predicted octanol–water partition coefficient (Wildman–Crippen LogP) is 2.91. The van der Waals surface area contributed by atoms with Crippen molar-refractivity contribution < 1.29 is 0 Å². The van der Waals surface area contributed by atoms with E-state index in [-0.39, 0.29) is 0 Å². The highest BCUT2D eigenvalue weighted by Gasteiger charge is 1.99. The number of nitrogens with one attached hydrogen (secondary N) is 2. The Balaban J connectivity index is 2.19. The topological polar surface area (TPSA) is 36.4 Å². The zero-order chi connectivity index (χ0) is 12.5. The number of thiophene rings is 1. The first-order valence-electron chi connectivity index (χ1n) is 5.95. The molecule has 3 nitrogen and oxygen atoms in total. The molecule has 0 aromatic carbocycles.